The van der Waals surface area contributed by atoms with Gasteiger partial charge in [-0.15, -0.1) is 11.3 Å². The summed E-state index contributed by atoms with van der Waals surface area (Å²) in [6.45, 7) is 3.61. The number of amides is 2. The van der Waals surface area contributed by atoms with Crippen LogP contribution in [-0.4, -0.2) is 30.8 Å². The number of urea groups is 1. The average Bonchev–Trinajstić information content (AvgIpc) is 3.17. The van der Waals surface area contributed by atoms with Crippen molar-refractivity contribution in [1.29, 1.82) is 0 Å². The first kappa shape index (κ1) is 18.1. The lowest BCUT2D eigenvalue weighted by Crippen LogP contribution is -2.19. The van der Waals surface area contributed by atoms with E-state index in [4.69, 9.17) is 14.2 Å². The molecule has 0 saturated heterocycles. The minimum atomic E-state index is -0.354. The molecule has 0 unspecified atom stereocenters. The van der Waals surface area contributed by atoms with Gasteiger partial charge in [-0.05, 0) is 49.4 Å². The minimum absolute atomic E-state index is 0.354. The zero-order chi connectivity index (χ0) is 19.3. The van der Waals surface area contributed by atoms with Crippen LogP contribution < -0.4 is 24.8 Å². The third-order valence-corrected chi connectivity index (χ3v) is 4.74. The molecule has 144 valence electrons. The number of fused-ring (bicyclic) bond motifs is 1. The number of anilines is 2. The quantitative estimate of drug-likeness (QED) is 0.656. The van der Waals surface area contributed by atoms with Crippen molar-refractivity contribution >= 4 is 28.2 Å². The molecule has 0 fully saturated rings. The van der Waals surface area contributed by atoms with Crippen LogP contribution >= 0.6 is 11.3 Å². The number of benzene rings is 2. The number of ether oxygens (including phenoxy) is 3. The number of carbonyl (C=O) groups is 1. The maximum Gasteiger partial charge on any atom is 0.325 e. The Morgan fingerprint density at radius 2 is 1.89 bits per heavy atom. The van der Waals surface area contributed by atoms with Crippen LogP contribution in [0.1, 0.15) is 6.92 Å². The smallest absolute Gasteiger partial charge is 0.325 e. The van der Waals surface area contributed by atoms with Crippen molar-refractivity contribution in [2.24, 2.45) is 0 Å². The third kappa shape index (κ3) is 4.17. The topological polar surface area (TPSA) is 81.7 Å². The van der Waals surface area contributed by atoms with E-state index in [0.717, 1.165) is 22.8 Å². The molecule has 0 atom stereocenters. The van der Waals surface area contributed by atoms with Crippen LogP contribution in [0.4, 0.5) is 15.6 Å². The molecule has 0 saturated carbocycles. The standard InChI is InChI=1S/C20H19N3O4S/c1-2-25-15-6-4-14(5-7-15)21-19(24)23-20-22-16(12-28-20)13-3-8-17-18(11-13)27-10-9-26-17/h3-8,11-12H,2,9-10H2,1H3,(H2,21,22,23,24). The maximum atomic E-state index is 12.2. The van der Waals surface area contributed by atoms with E-state index in [1.54, 1.807) is 12.1 Å². The number of nitrogens with one attached hydrogen (secondary N) is 2. The summed E-state index contributed by atoms with van der Waals surface area (Å²) in [5, 5.41) is 7.92. The average molecular weight is 397 g/mol. The van der Waals surface area contributed by atoms with E-state index in [2.05, 4.69) is 15.6 Å². The summed E-state index contributed by atoms with van der Waals surface area (Å²) in [7, 11) is 0. The molecule has 2 aromatic carbocycles. The van der Waals surface area contributed by atoms with Gasteiger partial charge < -0.3 is 19.5 Å². The van der Waals surface area contributed by atoms with Crippen LogP contribution in [-0.2, 0) is 0 Å². The fourth-order valence-corrected chi connectivity index (χ4v) is 3.44. The molecule has 0 bridgehead atoms. The largest absolute Gasteiger partial charge is 0.494 e. The summed E-state index contributed by atoms with van der Waals surface area (Å²) in [5.74, 6) is 2.20. The third-order valence-electron chi connectivity index (χ3n) is 3.99. The molecule has 4 rings (SSSR count). The molecule has 1 aliphatic rings. The van der Waals surface area contributed by atoms with Crippen LogP contribution in [0.3, 0.4) is 0 Å². The van der Waals surface area contributed by atoms with Gasteiger partial charge in [-0.3, -0.25) is 5.32 Å². The highest BCUT2D eigenvalue weighted by Crippen LogP contribution is 2.35. The van der Waals surface area contributed by atoms with Crippen LogP contribution in [0.5, 0.6) is 17.2 Å². The Morgan fingerprint density at radius 1 is 1.11 bits per heavy atom. The lowest BCUT2D eigenvalue weighted by molar-refractivity contribution is 0.171. The van der Waals surface area contributed by atoms with Crippen molar-refractivity contribution in [2.75, 3.05) is 30.5 Å². The fraction of sp³-hybridized carbons (Fsp3) is 0.200. The second-order valence-electron chi connectivity index (χ2n) is 5.93. The van der Waals surface area contributed by atoms with Crippen LogP contribution in [0.15, 0.2) is 47.8 Å². The first-order chi connectivity index (χ1) is 13.7. The number of carbonyl (C=O) groups excluding carboxylic acids is 1. The zero-order valence-electron chi connectivity index (χ0n) is 15.2. The number of rotatable bonds is 5. The molecule has 0 spiro atoms. The molecule has 0 aliphatic carbocycles. The van der Waals surface area contributed by atoms with Crippen molar-refractivity contribution in [3.05, 3.63) is 47.8 Å². The van der Waals surface area contributed by atoms with Crippen LogP contribution in [0.2, 0.25) is 0 Å². The van der Waals surface area contributed by atoms with Gasteiger partial charge in [-0.2, -0.15) is 0 Å². The molecule has 2 amide bonds. The predicted molar refractivity (Wildman–Crippen MR) is 109 cm³/mol. The Hall–Kier alpha value is -3.26. The van der Waals surface area contributed by atoms with Crippen molar-refractivity contribution in [1.82, 2.24) is 4.98 Å². The van der Waals surface area contributed by atoms with E-state index < -0.39 is 0 Å². The lowest BCUT2D eigenvalue weighted by atomic mass is 10.1. The Balaban J connectivity index is 1.39. The Labute approximate surface area is 166 Å². The van der Waals surface area contributed by atoms with E-state index in [0.29, 0.717) is 36.4 Å². The van der Waals surface area contributed by atoms with Crippen LogP contribution in [0.25, 0.3) is 11.3 Å². The Bertz CT molecular complexity index is 972. The maximum absolute atomic E-state index is 12.2. The van der Waals surface area contributed by atoms with E-state index in [-0.39, 0.29) is 6.03 Å². The normalized spacial score (nSPS) is 12.3. The second kappa shape index (κ2) is 8.18. The number of nitrogens with zero attached hydrogens (tertiary/aromatic N) is 1. The second-order valence-corrected chi connectivity index (χ2v) is 6.79. The molecular formula is C20H19N3O4S. The molecule has 0 radical (unpaired) electrons. The molecule has 1 aromatic heterocycles. The van der Waals surface area contributed by atoms with Crippen molar-refractivity contribution < 1.29 is 19.0 Å². The molecular weight excluding hydrogens is 378 g/mol. The SMILES string of the molecule is CCOc1ccc(NC(=O)Nc2nc(-c3ccc4c(c3)OCCO4)cs2)cc1. The number of hydrogen-bond donors (Lipinski definition) is 2. The van der Waals surface area contributed by atoms with E-state index in [1.165, 1.54) is 11.3 Å². The van der Waals surface area contributed by atoms with Gasteiger partial charge in [0, 0.05) is 16.6 Å². The van der Waals surface area contributed by atoms with E-state index in [9.17, 15) is 4.79 Å². The van der Waals surface area contributed by atoms with E-state index >= 15 is 0 Å². The molecule has 3 aromatic rings. The number of aromatic nitrogens is 1. The summed E-state index contributed by atoms with van der Waals surface area (Å²) in [6.07, 6.45) is 0. The first-order valence-electron chi connectivity index (χ1n) is 8.87. The summed E-state index contributed by atoms with van der Waals surface area (Å²) < 4.78 is 16.5. The zero-order valence-corrected chi connectivity index (χ0v) is 16.0. The first-order valence-corrected chi connectivity index (χ1v) is 9.75. The van der Waals surface area contributed by atoms with Crippen molar-refractivity contribution in [2.45, 2.75) is 6.92 Å². The van der Waals surface area contributed by atoms with Crippen molar-refractivity contribution in [3.63, 3.8) is 0 Å². The lowest BCUT2D eigenvalue weighted by Gasteiger charge is -2.18. The van der Waals surface area contributed by atoms with Gasteiger partial charge in [-0.25, -0.2) is 9.78 Å². The van der Waals surface area contributed by atoms with Gasteiger partial charge in [0.1, 0.15) is 19.0 Å². The summed E-state index contributed by atoms with van der Waals surface area (Å²) in [4.78, 5) is 16.7. The molecule has 28 heavy (non-hydrogen) atoms. The molecule has 2 N–H and O–H groups in total. The van der Waals surface area contributed by atoms with Gasteiger partial charge in [0.2, 0.25) is 0 Å². The molecule has 2 heterocycles. The molecule has 8 heteroatoms. The number of hydrogen-bond acceptors (Lipinski definition) is 6. The Kier molecular flexibility index (Phi) is 5.29. The van der Waals surface area contributed by atoms with Gasteiger partial charge in [0.25, 0.3) is 0 Å². The molecule has 7 nitrogen and oxygen atoms in total. The van der Waals surface area contributed by atoms with Gasteiger partial charge in [0.15, 0.2) is 16.6 Å². The fourth-order valence-electron chi connectivity index (χ4n) is 2.73. The summed E-state index contributed by atoms with van der Waals surface area (Å²) in [6, 6.07) is 12.5. The highest BCUT2D eigenvalue weighted by Gasteiger charge is 2.14. The predicted octanol–water partition coefficient (Wildman–Crippen LogP) is 4.62. The van der Waals surface area contributed by atoms with Crippen molar-refractivity contribution in [3.8, 4) is 28.5 Å². The van der Waals surface area contributed by atoms with Crippen LogP contribution in [0, 0.1) is 0 Å². The van der Waals surface area contributed by atoms with Gasteiger partial charge >= 0.3 is 6.03 Å². The highest BCUT2D eigenvalue weighted by molar-refractivity contribution is 7.14. The summed E-state index contributed by atoms with van der Waals surface area (Å²) in [5.41, 5.74) is 2.34. The van der Waals surface area contributed by atoms with Gasteiger partial charge in [-0.1, -0.05) is 0 Å². The minimum Gasteiger partial charge on any atom is -0.494 e. The van der Waals surface area contributed by atoms with E-state index in [1.807, 2.05) is 42.6 Å². The monoisotopic (exact) mass is 397 g/mol. The number of thiazole rings is 1. The van der Waals surface area contributed by atoms with Gasteiger partial charge in [0.05, 0.1) is 12.3 Å². The molecule has 1 aliphatic heterocycles. The highest BCUT2D eigenvalue weighted by atomic mass is 32.1. The Morgan fingerprint density at radius 3 is 2.68 bits per heavy atom. The summed E-state index contributed by atoms with van der Waals surface area (Å²) >= 11 is 1.35.